The van der Waals surface area contributed by atoms with E-state index in [1.54, 1.807) is 28.8 Å². The fourth-order valence-corrected chi connectivity index (χ4v) is 4.00. The molecular weight excluding hydrogens is 454 g/mol. The van der Waals surface area contributed by atoms with Crippen LogP contribution in [0.1, 0.15) is 40.1 Å². The maximum atomic E-state index is 13.3. The molecule has 32 heavy (non-hydrogen) atoms. The highest BCUT2D eigenvalue weighted by Gasteiger charge is 2.18. The maximum absolute atomic E-state index is 13.3. The molecule has 0 aliphatic rings. The van der Waals surface area contributed by atoms with Gasteiger partial charge in [-0.2, -0.15) is 0 Å². The number of aromatic nitrogens is 1. The average Bonchev–Trinajstić information content (AvgIpc) is 2.77. The zero-order chi connectivity index (χ0) is 23.4. The van der Waals surface area contributed by atoms with E-state index in [1.165, 1.54) is 30.3 Å². The van der Waals surface area contributed by atoms with Crippen molar-refractivity contribution in [2.45, 2.75) is 32.5 Å². The van der Waals surface area contributed by atoms with Gasteiger partial charge >= 0.3 is 5.97 Å². The Morgan fingerprint density at radius 2 is 1.72 bits per heavy atom. The summed E-state index contributed by atoms with van der Waals surface area (Å²) in [7, 11) is 1.90. The number of aryl methyl sites for hydroxylation is 1. The number of pyridine rings is 1. The van der Waals surface area contributed by atoms with Gasteiger partial charge in [-0.1, -0.05) is 47.5 Å². The van der Waals surface area contributed by atoms with Gasteiger partial charge in [-0.05, 0) is 61.9 Å². The lowest BCUT2D eigenvalue weighted by Crippen LogP contribution is -2.30. The molecule has 1 unspecified atom stereocenters. The smallest absolute Gasteiger partial charge is 0.335 e. The quantitative estimate of drug-likeness (QED) is 0.470. The van der Waals surface area contributed by atoms with E-state index in [1.807, 2.05) is 18.9 Å². The molecule has 0 aliphatic heterocycles. The lowest BCUT2D eigenvalue weighted by molar-refractivity contribution is 0.0697. The number of benzene rings is 2. The molecule has 2 aromatic carbocycles. The zero-order valence-electron chi connectivity index (χ0n) is 17.7. The van der Waals surface area contributed by atoms with E-state index in [-0.39, 0.29) is 28.0 Å². The van der Waals surface area contributed by atoms with Crippen molar-refractivity contribution in [3.05, 3.63) is 103 Å². The van der Waals surface area contributed by atoms with Crippen LogP contribution < -0.4 is 5.56 Å². The number of hydrogen-bond donors (Lipinski definition) is 1. The fourth-order valence-electron chi connectivity index (χ4n) is 3.46. The van der Waals surface area contributed by atoms with Crippen molar-refractivity contribution in [2.75, 3.05) is 7.05 Å². The van der Waals surface area contributed by atoms with Crippen LogP contribution >= 0.6 is 23.2 Å². The minimum absolute atomic E-state index is 0.0363. The molecule has 0 spiro atoms. The first-order chi connectivity index (χ1) is 15.2. The van der Waals surface area contributed by atoms with Crippen molar-refractivity contribution in [1.82, 2.24) is 9.47 Å². The Morgan fingerprint density at radius 1 is 1.09 bits per heavy atom. The Morgan fingerprint density at radius 3 is 2.31 bits per heavy atom. The van der Waals surface area contributed by atoms with Gasteiger partial charge in [0.05, 0.1) is 16.3 Å². The van der Waals surface area contributed by atoms with Crippen LogP contribution in [0.4, 0.5) is 4.39 Å². The third-order valence-electron chi connectivity index (χ3n) is 5.54. The van der Waals surface area contributed by atoms with Gasteiger partial charge in [-0.25, -0.2) is 9.18 Å². The van der Waals surface area contributed by atoms with Gasteiger partial charge in [-0.15, -0.1) is 0 Å². The molecule has 1 aromatic heterocycles. The van der Waals surface area contributed by atoms with Crippen LogP contribution in [-0.2, 0) is 19.5 Å². The van der Waals surface area contributed by atoms with Gasteiger partial charge in [0, 0.05) is 19.1 Å². The highest BCUT2D eigenvalue weighted by Crippen LogP contribution is 2.25. The van der Waals surface area contributed by atoms with E-state index in [4.69, 9.17) is 28.3 Å². The van der Waals surface area contributed by atoms with E-state index >= 15 is 0 Å². The van der Waals surface area contributed by atoms with Crippen LogP contribution in [0.5, 0.6) is 0 Å². The molecular formula is C24H23Cl2FN2O3. The third kappa shape index (κ3) is 5.57. The monoisotopic (exact) mass is 476 g/mol. The highest BCUT2D eigenvalue weighted by molar-refractivity contribution is 6.34. The van der Waals surface area contributed by atoms with Gasteiger partial charge in [0.1, 0.15) is 10.8 Å². The van der Waals surface area contributed by atoms with Crippen molar-refractivity contribution in [3.63, 3.8) is 0 Å². The molecule has 168 valence electrons. The van der Waals surface area contributed by atoms with Gasteiger partial charge in [0.2, 0.25) is 0 Å². The molecule has 5 nitrogen and oxygen atoms in total. The SMILES string of the molecule is CC(c1ccc(F)cc1)N(C)Cc1c(Cl)cc(Cl)c(=O)n1CCc1ccc(C(=O)O)cc1. The van der Waals surface area contributed by atoms with Crippen molar-refractivity contribution < 1.29 is 14.3 Å². The van der Waals surface area contributed by atoms with Crippen molar-refractivity contribution in [2.24, 2.45) is 0 Å². The Hall–Kier alpha value is -2.67. The maximum Gasteiger partial charge on any atom is 0.335 e. The molecule has 3 rings (SSSR count). The molecule has 3 aromatic rings. The standard InChI is InChI=1S/C24H23Cl2FN2O3/c1-15(17-7-9-19(27)10-8-17)28(2)14-22-20(25)13-21(26)23(30)29(22)12-11-16-3-5-18(6-4-16)24(31)32/h3-10,13,15H,11-12,14H2,1-2H3,(H,31,32). The predicted octanol–water partition coefficient (Wildman–Crippen LogP) is 5.43. The summed E-state index contributed by atoms with van der Waals surface area (Å²) in [6.45, 7) is 2.70. The number of carbonyl (C=O) groups is 1. The summed E-state index contributed by atoms with van der Waals surface area (Å²) in [6, 6.07) is 14.2. The van der Waals surface area contributed by atoms with Crippen LogP contribution in [0.3, 0.4) is 0 Å². The van der Waals surface area contributed by atoms with Crippen molar-refractivity contribution in [1.29, 1.82) is 0 Å². The van der Waals surface area contributed by atoms with Crippen LogP contribution in [-0.4, -0.2) is 27.6 Å². The van der Waals surface area contributed by atoms with Crippen LogP contribution in [0, 0.1) is 5.82 Å². The summed E-state index contributed by atoms with van der Waals surface area (Å²) in [5.74, 6) is -1.29. The van der Waals surface area contributed by atoms with Crippen LogP contribution in [0.25, 0.3) is 0 Å². The topological polar surface area (TPSA) is 62.5 Å². The molecule has 1 heterocycles. The highest BCUT2D eigenvalue weighted by atomic mass is 35.5. The molecule has 1 atom stereocenters. The summed E-state index contributed by atoms with van der Waals surface area (Å²) in [5, 5.41) is 9.46. The summed E-state index contributed by atoms with van der Waals surface area (Å²) in [4.78, 5) is 25.8. The molecule has 0 radical (unpaired) electrons. The third-order valence-corrected chi connectivity index (χ3v) is 6.14. The number of hydrogen-bond acceptors (Lipinski definition) is 3. The summed E-state index contributed by atoms with van der Waals surface area (Å²) < 4.78 is 14.8. The molecule has 0 fully saturated rings. The summed E-state index contributed by atoms with van der Waals surface area (Å²) in [6.07, 6.45) is 0.501. The van der Waals surface area contributed by atoms with Gasteiger partial charge < -0.3 is 9.67 Å². The largest absolute Gasteiger partial charge is 0.478 e. The second-order valence-corrected chi connectivity index (χ2v) is 8.45. The van der Waals surface area contributed by atoms with Crippen molar-refractivity contribution >= 4 is 29.2 Å². The number of halogens is 3. The Balaban J connectivity index is 1.84. The normalized spacial score (nSPS) is 12.2. The fraction of sp³-hybridized carbons (Fsp3) is 0.250. The first-order valence-corrected chi connectivity index (χ1v) is 10.8. The zero-order valence-corrected chi connectivity index (χ0v) is 19.2. The Labute approximate surface area is 195 Å². The summed E-state index contributed by atoms with van der Waals surface area (Å²) in [5.41, 5.74) is 2.31. The molecule has 0 amide bonds. The van der Waals surface area contributed by atoms with Gasteiger partial charge in [0.25, 0.3) is 5.56 Å². The lowest BCUT2D eigenvalue weighted by Gasteiger charge is -2.27. The van der Waals surface area contributed by atoms with E-state index in [2.05, 4.69) is 0 Å². The number of nitrogens with zero attached hydrogens (tertiary/aromatic N) is 2. The van der Waals surface area contributed by atoms with Crippen molar-refractivity contribution in [3.8, 4) is 0 Å². The second kappa shape index (κ2) is 10.3. The molecule has 0 saturated heterocycles. The van der Waals surface area contributed by atoms with E-state index in [0.717, 1.165) is 11.1 Å². The number of aromatic carboxylic acids is 1. The second-order valence-electron chi connectivity index (χ2n) is 7.64. The minimum atomic E-state index is -0.991. The molecule has 0 bridgehead atoms. The lowest BCUT2D eigenvalue weighted by atomic mass is 10.1. The Kier molecular flexibility index (Phi) is 7.72. The van der Waals surface area contributed by atoms with E-state index in [9.17, 15) is 14.0 Å². The van der Waals surface area contributed by atoms with Gasteiger partial charge in [-0.3, -0.25) is 9.69 Å². The van der Waals surface area contributed by atoms with Crippen LogP contribution in [0.2, 0.25) is 10.0 Å². The van der Waals surface area contributed by atoms with Gasteiger partial charge in [0.15, 0.2) is 0 Å². The molecule has 0 aliphatic carbocycles. The predicted molar refractivity (Wildman–Crippen MR) is 124 cm³/mol. The molecule has 8 heteroatoms. The molecule has 1 N–H and O–H groups in total. The van der Waals surface area contributed by atoms with E-state index < -0.39 is 5.97 Å². The average molecular weight is 477 g/mol. The number of carboxylic acid groups (broad SMARTS) is 1. The van der Waals surface area contributed by atoms with E-state index in [0.29, 0.717) is 30.2 Å². The minimum Gasteiger partial charge on any atom is -0.478 e. The first kappa shape index (κ1) is 24.0. The Bertz CT molecular complexity index is 1160. The first-order valence-electron chi connectivity index (χ1n) is 10.0. The molecule has 0 saturated carbocycles. The number of carboxylic acids is 1. The number of rotatable bonds is 8. The van der Waals surface area contributed by atoms with Crippen LogP contribution in [0.15, 0.2) is 59.4 Å². The summed E-state index contributed by atoms with van der Waals surface area (Å²) >= 11 is 12.6.